The van der Waals surface area contributed by atoms with Crippen LogP contribution in [0.5, 0.6) is 0 Å². The first kappa shape index (κ1) is 22.5. The maximum atomic E-state index is 12.3. The third-order valence-corrected chi connectivity index (χ3v) is 5.72. The van der Waals surface area contributed by atoms with Gasteiger partial charge in [-0.25, -0.2) is 8.42 Å². The highest BCUT2D eigenvalue weighted by atomic mass is 32.2. The molecule has 0 saturated carbocycles. The molecule has 0 radical (unpaired) electrons. The van der Waals surface area contributed by atoms with Crippen molar-refractivity contribution in [3.05, 3.63) is 69.3 Å². The minimum absolute atomic E-state index is 0.0409. The fraction of sp³-hybridized carbons (Fsp3) is 0.350. The number of hydrazine groups is 1. The summed E-state index contributed by atoms with van der Waals surface area (Å²) in [7, 11) is -4.12. The minimum Gasteiger partial charge on any atom is -0.278 e. The molecule has 0 atom stereocenters. The lowest BCUT2D eigenvalue weighted by molar-refractivity contribution is -0.385. The van der Waals surface area contributed by atoms with Crippen LogP contribution in [0.4, 0.5) is 5.69 Å². The summed E-state index contributed by atoms with van der Waals surface area (Å²) >= 11 is 0. The lowest BCUT2D eigenvalue weighted by Gasteiger charge is -2.19. The number of rotatable bonds is 7. The van der Waals surface area contributed by atoms with Gasteiger partial charge in [0.15, 0.2) is 0 Å². The van der Waals surface area contributed by atoms with Gasteiger partial charge in [-0.2, -0.15) is 0 Å². The number of carbonyl (C=O) groups is 1. The molecule has 29 heavy (non-hydrogen) atoms. The Hall–Kier alpha value is -2.78. The molecule has 0 aliphatic heterocycles. The van der Waals surface area contributed by atoms with Gasteiger partial charge >= 0.3 is 0 Å². The van der Waals surface area contributed by atoms with Gasteiger partial charge in [0.05, 0.1) is 9.82 Å². The monoisotopic (exact) mass is 419 g/mol. The summed E-state index contributed by atoms with van der Waals surface area (Å²) in [5.74, 6) is -0.505. The highest BCUT2D eigenvalue weighted by molar-refractivity contribution is 7.89. The van der Waals surface area contributed by atoms with E-state index in [1.165, 1.54) is 24.6 Å². The molecule has 0 heterocycles. The van der Waals surface area contributed by atoms with Crippen LogP contribution in [0.25, 0.3) is 0 Å². The third-order valence-electron chi connectivity index (χ3n) is 4.47. The van der Waals surface area contributed by atoms with Gasteiger partial charge in [-0.3, -0.25) is 20.3 Å². The van der Waals surface area contributed by atoms with Crippen LogP contribution in [0.15, 0.2) is 47.4 Å². The fourth-order valence-corrected chi connectivity index (χ4v) is 3.51. The molecule has 2 N–H and O–H groups in total. The van der Waals surface area contributed by atoms with Crippen LogP contribution in [-0.2, 0) is 26.7 Å². The highest BCUT2D eigenvalue weighted by Gasteiger charge is 2.20. The number of aryl methyl sites for hydroxylation is 2. The summed E-state index contributed by atoms with van der Waals surface area (Å²) in [5, 5.41) is 11.0. The van der Waals surface area contributed by atoms with Crippen LogP contribution in [0, 0.1) is 17.0 Å². The van der Waals surface area contributed by atoms with Gasteiger partial charge in [0.25, 0.3) is 15.7 Å². The Morgan fingerprint density at radius 1 is 1.10 bits per heavy atom. The van der Waals surface area contributed by atoms with Gasteiger partial charge < -0.3 is 0 Å². The number of benzene rings is 2. The first-order valence-corrected chi connectivity index (χ1v) is 10.5. The summed E-state index contributed by atoms with van der Waals surface area (Å²) in [6, 6.07) is 11.5. The topological polar surface area (TPSA) is 118 Å². The second-order valence-corrected chi connectivity index (χ2v) is 9.49. The standard InChI is InChI=1S/C20H25N3O5S/c1-14-5-11-17(13-18(14)23(25)26)29(27,28)22-21-19(24)12-8-15-6-9-16(10-7-15)20(2,3)4/h5-7,9-11,13,22H,8,12H2,1-4H3,(H,21,24). The minimum atomic E-state index is -4.12. The van der Waals surface area contributed by atoms with Gasteiger partial charge in [0, 0.05) is 18.1 Å². The molecule has 9 heteroatoms. The summed E-state index contributed by atoms with van der Waals surface area (Å²) in [6.07, 6.45) is 0.541. The predicted molar refractivity (Wildman–Crippen MR) is 110 cm³/mol. The first-order chi connectivity index (χ1) is 13.4. The molecule has 0 aliphatic carbocycles. The largest absolute Gasteiger partial charge is 0.278 e. The van der Waals surface area contributed by atoms with Crippen molar-refractivity contribution in [2.45, 2.75) is 50.8 Å². The van der Waals surface area contributed by atoms with Gasteiger partial charge in [-0.15, -0.1) is 4.83 Å². The van der Waals surface area contributed by atoms with Crippen LogP contribution in [0.2, 0.25) is 0 Å². The molecule has 0 spiro atoms. The Morgan fingerprint density at radius 2 is 1.72 bits per heavy atom. The second-order valence-electron chi connectivity index (χ2n) is 7.81. The van der Waals surface area contributed by atoms with E-state index in [2.05, 4.69) is 26.2 Å². The Labute approximate surface area is 170 Å². The molecule has 2 aromatic rings. The van der Waals surface area contributed by atoms with Crippen molar-refractivity contribution < 1.29 is 18.1 Å². The fourth-order valence-electron chi connectivity index (χ4n) is 2.63. The second kappa shape index (κ2) is 8.71. The number of hydrogen-bond acceptors (Lipinski definition) is 5. The van der Waals surface area contributed by atoms with Crippen LogP contribution in [0.3, 0.4) is 0 Å². The van der Waals surface area contributed by atoms with E-state index >= 15 is 0 Å². The zero-order valence-corrected chi connectivity index (χ0v) is 17.7. The van der Waals surface area contributed by atoms with Crippen molar-refractivity contribution in [2.75, 3.05) is 0 Å². The molecule has 2 rings (SSSR count). The van der Waals surface area contributed by atoms with Crippen LogP contribution in [0.1, 0.15) is 43.9 Å². The summed E-state index contributed by atoms with van der Waals surface area (Å²) < 4.78 is 24.6. The van der Waals surface area contributed by atoms with E-state index in [1.807, 2.05) is 29.1 Å². The maximum Gasteiger partial charge on any atom is 0.273 e. The van der Waals surface area contributed by atoms with E-state index in [1.54, 1.807) is 0 Å². The quantitative estimate of drug-likeness (QED) is 0.528. The van der Waals surface area contributed by atoms with Crippen molar-refractivity contribution in [3.8, 4) is 0 Å². The molecule has 0 bridgehead atoms. The Balaban J connectivity index is 1.94. The van der Waals surface area contributed by atoms with Gasteiger partial charge in [-0.1, -0.05) is 51.1 Å². The normalized spacial score (nSPS) is 11.9. The molecule has 8 nitrogen and oxygen atoms in total. The number of carbonyl (C=O) groups excluding carboxylic acids is 1. The van der Waals surface area contributed by atoms with E-state index in [0.717, 1.165) is 11.6 Å². The molecule has 0 aromatic heterocycles. The number of nitrogens with one attached hydrogen (secondary N) is 2. The number of nitrogens with zero attached hydrogens (tertiary/aromatic N) is 1. The molecular weight excluding hydrogens is 394 g/mol. The van der Waals surface area contributed by atoms with Crippen LogP contribution >= 0.6 is 0 Å². The average Bonchev–Trinajstić information content (AvgIpc) is 2.64. The van der Waals surface area contributed by atoms with Crippen LogP contribution in [-0.4, -0.2) is 19.2 Å². The summed E-state index contributed by atoms with van der Waals surface area (Å²) in [4.78, 5) is 24.0. The Kier molecular flexibility index (Phi) is 6.76. The summed E-state index contributed by atoms with van der Waals surface area (Å²) in [5.41, 5.74) is 4.37. The predicted octanol–water partition coefficient (Wildman–Crippen LogP) is 3.14. The Bertz CT molecular complexity index is 1010. The van der Waals surface area contributed by atoms with Gasteiger partial charge in [-0.05, 0) is 36.0 Å². The number of nitro benzene ring substituents is 1. The molecule has 0 unspecified atom stereocenters. The summed E-state index contributed by atoms with van der Waals surface area (Å²) in [6.45, 7) is 7.86. The lowest BCUT2D eigenvalue weighted by atomic mass is 9.86. The van der Waals surface area contributed by atoms with E-state index < -0.39 is 20.9 Å². The van der Waals surface area contributed by atoms with Crippen molar-refractivity contribution in [2.24, 2.45) is 0 Å². The smallest absolute Gasteiger partial charge is 0.273 e. The lowest BCUT2D eigenvalue weighted by Crippen LogP contribution is -2.41. The number of hydrogen-bond donors (Lipinski definition) is 2. The molecule has 0 fully saturated rings. The van der Waals surface area contributed by atoms with Gasteiger partial charge in [0.2, 0.25) is 5.91 Å². The number of sulfonamides is 1. The first-order valence-electron chi connectivity index (χ1n) is 9.05. The number of amides is 1. The van der Waals surface area contributed by atoms with Crippen molar-refractivity contribution in [1.82, 2.24) is 10.3 Å². The van der Waals surface area contributed by atoms with E-state index in [4.69, 9.17) is 0 Å². The van der Waals surface area contributed by atoms with E-state index in [-0.39, 0.29) is 22.4 Å². The molecule has 1 amide bonds. The van der Waals surface area contributed by atoms with Crippen molar-refractivity contribution in [1.29, 1.82) is 0 Å². The van der Waals surface area contributed by atoms with Crippen molar-refractivity contribution in [3.63, 3.8) is 0 Å². The zero-order valence-electron chi connectivity index (χ0n) is 16.9. The molecular formula is C20H25N3O5S. The molecule has 156 valence electrons. The van der Waals surface area contributed by atoms with Crippen LogP contribution < -0.4 is 10.3 Å². The molecule has 0 saturated heterocycles. The maximum absolute atomic E-state index is 12.3. The highest BCUT2D eigenvalue weighted by Crippen LogP contribution is 2.23. The SMILES string of the molecule is Cc1ccc(S(=O)(=O)NNC(=O)CCc2ccc(C(C)(C)C)cc2)cc1[N+](=O)[O-]. The van der Waals surface area contributed by atoms with Crippen molar-refractivity contribution >= 4 is 21.6 Å². The zero-order chi connectivity index (χ0) is 21.8. The molecule has 2 aromatic carbocycles. The van der Waals surface area contributed by atoms with E-state index in [0.29, 0.717) is 12.0 Å². The van der Waals surface area contributed by atoms with E-state index in [9.17, 15) is 23.3 Å². The van der Waals surface area contributed by atoms with Gasteiger partial charge in [0.1, 0.15) is 0 Å². The Morgan fingerprint density at radius 3 is 2.28 bits per heavy atom. The average molecular weight is 420 g/mol. The third kappa shape index (κ3) is 6.10. The number of nitro groups is 1. The molecule has 0 aliphatic rings.